The van der Waals surface area contributed by atoms with E-state index in [2.05, 4.69) is 6.58 Å². The van der Waals surface area contributed by atoms with Gasteiger partial charge in [-0.15, -0.1) is 18.3 Å². The van der Waals surface area contributed by atoms with Gasteiger partial charge in [-0.2, -0.15) is 0 Å². The zero-order valence-electron chi connectivity index (χ0n) is 9.05. The number of thioether (sulfide) groups is 1. The Balaban J connectivity index is 2.32. The molecule has 1 unspecified atom stereocenters. The molecule has 0 amide bonds. The van der Waals surface area contributed by atoms with Crippen LogP contribution in [0.25, 0.3) is 17.0 Å². The van der Waals surface area contributed by atoms with Crippen LogP contribution in [0.5, 0.6) is 0 Å². The molecule has 0 N–H and O–H groups in total. The van der Waals surface area contributed by atoms with Gasteiger partial charge in [-0.05, 0) is 18.2 Å². The second kappa shape index (κ2) is 3.93. The van der Waals surface area contributed by atoms with Crippen molar-refractivity contribution in [3.8, 4) is 0 Å². The quantitative estimate of drug-likeness (QED) is 0.717. The predicted molar refractivity (Wildman–Crippen MR) is 71.4 cm³/mol. The average molecular weight is 242 g/mol. The van der Waals surface area contributed by atoms with E-state index in [1.165, 1.54) is 11.8 Å². The standard InChI is InChI=1S/C14H10O2S/c1-2-9-7-8-12-14(17-9)13(15)10-5-3-4-6-11(10)16-12/h2-9H,1H2. The smallest absolute Gasteiger partial charge is 0.206 e. The molecule has 0 saturated carbocycles. The monoisotopic (exact) mass is 242 g/mol. The van der Waals surface area contributed by atoms with Crippen LogP contribution in [0.4, 0.5) is 0 Å². The highest BCUT2D eigenvalue weighted by atomic mass is 32.2. The van der Waals surface area contributed by atoms with E-state index in [0.717, 1.165) is 0 Å². The second-order valence-electron chi connectivity index (χ2n) is 3.80. The lowest BCUT2D eigenvalue weighted by molar-refractivity contribution is 0.574. The van der Waals surface area contributed by atoms with E-state index >= 15 is 0 Å². The van der Waals surface area contributed by atoms with Gasteiger partial charge < -0.3 is 4.42 Å². The summed E-state index contributed by atoms with van der Waals surface area (Å²) in [5.74, 6) is 0.650. The zero-order chi connectivity index (χ0) is 11.8. The van der Waals surface area contributed by atoms with Gasteiger partial charge in [0, 0.05) is 5.25 Å². The van der Waals surface area contributed by atoms with Crippen LogP contribution in [0.15, 0.2) is 57.1 Å². The van der Waals surface area contributed by atoms with E-state index < -0.39 is 0 Å². The van der Waals surface area contributed by atoms with E-state index in [1.54, 1.807) is 6.07 Å². The molecule has 0 spiro atoms. The molecule has 0 radical (unpaired) electrons. The normalized spacial score (nSPS) is 18.0. The van der Waals surface area contributed by atoms with Crippen molar-refractivity contribution in [2.45, 2.75) is 10.1 Å². The molecule has 0 saturated heterocycles. The predicted octanol–water partition coefficient (Wildman–Crippen LogP) is 3.47. The van der Waals surface area contributed by atoms with E-state index in [-0.39, 0.29) is 10.7 Å². The van der Waals surface area contributed by atoms with Crippen LogP contribution in [0, 0.1) is 0 Å². The number of fused-ring (bicyclic) bond motifs is 2. The second-order valence-corrected chi connectivity index (χ2v) is 4.99. The van der Waals surface area contributed by atoms with Crippen LogP contribution >= 0.6 is 11.8 Å². The van der Waals surface area contributed by atoms with Gasteiger partial charge in [0.2, 0.25) is 5.43 Å². The summed E-state index contributed by atoms with van der Waals surface area (Å²) in [7, 11) is 0. The first-order chi connectivity index (χ1) is 8.29. The minimum atomic E-state index is 0.0445. The minimum absolute atomic E-state index is 0.0445. The SMILES string of the molecule is C=CC1C=Cc2oc3ccccc3c(=O)c2S1. The van der Waals surface area contributed by atoms with Gasteiger partial charge in [0.1, 0.15) is 11.3 Å². The number of hydrogen-bond donors (Lipinski definition) is 0. The summed E-state index contributed by atoms with van der Waals surface area (Å²) in [5.41, 5.74) is 0.682. The van der Waals surface area contributed by atoms with Gasteiger partial charge >= 0.3 is 0 Å². The zero-order valence-corrected chi connectivity index (χ0v) is 9.87. The summed E-state index contributed by atoms with van der Waals surface area (Å²) in [5, 5.41) is 0.781. The summed E-state index contributed by atoms with van der Waals surface area (Å²) >= 11 is 1.49. The number of benzene rings is 1. The molecule has 1 aliphatic rings. The molecular formula is C14H10O2S. The maximum Gasteiger partial charge on any atom is 0.206 e. The van der Waals surface area contributed by atoms with Crippen molar-refractivity contribution in [2.24, 2.45) is 0 Å². The first-order valence-corrected chi connectivity index (χ1v) is 6.21. The molecule has 17 heavy (non-hydrogen) atoms. The lowest BCUT2D eigenvalue weighted by Crippen LogP contribution is -2.11. The maximum atomic E-state index is 12.3. The Morgan fingerprint density at radius 1 is 1.35 bits per heavy atom. The number of rotatable bonds is 1. The molecule has 1 aromatic carbocycles. The van der Waals surface area contributed by atoms with E-state index in [0.29, 0.717) is 21.6 Å². The lowest BCUT2D eigenvalue weighted by atomic mass is 10.2. The van der Waals surface area contributed by atoms with Gasteiger partial charge in [-0.25, -0.2) is 0 Å². The lowest BCUT2D eigenvalue weighted by Gasteiger charge is -2.14. The third-order valence-electron chi connectivity index (χ3n) is 2.71. The van der Waals surface area contributed by atoms with Crippen LogP contribution in [0.3, 0.4) is 0 Å². The van der Waals surface area contributed by atoms with Crippen molar-refractivity contribution < 1.29 is 4.42 Å². The van der Waals surface area contributed by atoms with Gasteiger partial charge in [0.15, 0.2) is 0 Å². The minimum Gasteiger partial charge on any atom is -0.455 e. The Morgan fingerprint density at radius 3 is 3.00 bits per heavy atom. The van der Waals surface area contributed by atoms with Crippen molar-refractivity contribution in [3.05, 3.63) is 59.0 Å². The van der Waals surface area contributed by atoms with Crippen molar-refractivity contribution in [1.29, 1.82) is 0 Å². The fourth-order valence-electron chi connectivity index (χ4n) is 1.85. The Bertz CT molecular complexity index is 682. The van der Waals surface area contributed by atoms with Gasteiger partial charge in [0.05, 0.1) is 10.3 Å². The van der Waals surface area contributed by atoms with Crippen LogP contribution in [0.1, 0.15) is 5.76 Å². The summed E-state index contributed by atoms with van der Waals surface area (Å²) in [6.45, 7) is 3.74. The Morgan fingerprint density at radius 2 is 2.18 bits per heavy atom. The van der Waals surface area contributed by atoms with E-state index in [9.17, 15) is 4.79 Å². The molecule has 2 heterocycles. The van der Waals surface area contributed by atoms with Crippen LogP contribution in [-0.2, 0) is 0 Å². The molecule has 0 fully saturated rings. The largest absolute Gasteiger partial charge is 0.455 e. The molecule has 2 aromatic rings. The molecule has 0 aliphatic carbocycles. The third-order valence-corrected chi connectivity index (χ3v) is 3.95. The molecule has 84 valence electrons. The molecule has 3 rings (SSSR count). The Hall–Kier alpha value is -1.74. The number of hydrogen-bond acceptors (Lipinski definition) is 3. The molecule has 1 aliphatic heterocycles. The first-order valence-electron chi connectivity index (χ1n) is 5.33. The van der Waals surface area contributed by atoms with E-state index in [1.807, 2.05) is 36.4 Å². The van der Waals surface area contributed by atoms with Gasteiger partial charge in [-0.3, -0.25) is 4.79 Å². The molecule has 2 nitrogen and oxygen atoms in total. The maximum absolute atomic E-state index is 12.3. The molecular weight excluding hydrogens is 232 g/mol. The molecule has 0 bridgehead atoms. The topological polar surface area (TPSA) is 30.2 Å². The highest BCUT2D eigenvalue weighted by Crippen LogP contribution is 2.33. The highest BCUT2D eigenvalue weighted by molar-refractivity contribution is 8.00. The van der Waals surface area contributed by atoms with Crippen LogP contribution in [-0.4, -0.2) is 5.25 Å². The third kappa shape index (κ3) is 1.63. The summed E-state index contributed by atoms with van der Waals surface area (Å²) < 4.78 is 5.72. The number of para-hydroxylation sites is 1. The fraction of sp³-hybridized carbons (Fsp3) is 0.0714. The summed E-state index contributed by atoms with van der Waals surface area (Å²) in [4.78, 5) is 13.0. The van der Waals surface area contributed by atoms with Crippen molar-refractivity contribution in [3.63, 3.8) is 0 Å². The van der Waals surface area contributed by atoms with Crippen LogP contribution in [0.2, 0.25) is 0 Å². The van der Waals surface area contributed by atoms with Crippen molar-refractivity contribution in [2.75, 3.05) is 0 Å². The molecule has 1 aromatic heterocycles. The molecule has 3 heteroatoms. The van der Waals surface area contributed by atoms with Crippen molar-refractivity contribution >= 4 is 28.8 Å². The van der Waals surface area contributed by atoms with Gasteiger partial charge in [-0.1, -0.05) is 24.3 Å². The van der Waals surface area contributed by atoms with Crippen molar-refractivity contribution in [1.82, 2.24) is 0 Å². The highest BCUT2D eigenvalue weighted by Gasteiger charge is 2.19. The van der Waals surface area contributed by atoms with Gasteiger partial charge in [0.25, 0.3) is 0 Å². The summed E-state index contributed by atoms with van der Waals surface area (Å²) in [6, 6.07) is 7.32. The summed E-state index contributed by atoms with van der Waals surface area (Å²) in [6.07, 6.45) is 5.66. The van der Waals surface area contributed by atoms with Crippen LogP contribution < -0.4 is 5.43 Å². The Labute approximate surface area is 103 Å². The first kappa shape index (κ1) is 10.4. The molecule has 1 atom stereocenters. The fourth-order valence-corrected chi connectivity index (χ4v) is 2.82. The average Bonchev–Trinajstić information content (AvgIpc) is 2.39. The Kier molecular flexibility index (Phi) is 2.41. The van der Waals surface area contributed by atoms with E-state index in [4.69, 9.17) is 4.42 Å².